The molecule has 0 saturated heterocycles. The summed E-state index contributed by atoms with van der Waals surface area (Å²) in [6.07, 6.45) is 0. The Hall–Kier alpha value is -3.11. The lowest BCUT2D eigenvalue weighted by Gasteiger charge is -2.10. The van der Waals surface area contributed by atoms with Crippen molar-refractivity contribution in [3.63, 3.8) is 0 Å². The maximum absolute atomic E-state index is 12.4. The Labute approximate surface area is 200 Å². The van der Waals surface area contributed by atoms with Crippen LogP contribution in [-0.4, -0.2) is 34.2 Å². The number of fused-ring (bicyclic) bond motifs is 1. The van der Waals surface area contributed by atoms with Crippen molar-refractivity contribution in [2.24, 2.45) is 5.10 Å². The van der Waals surface area contributed by atoms with Crippen molar-refractivity contribution in [1.82, 2.24) is 4.72 Å². The summed E-state index contributed by atoms with van der Waals surface area (Å²) < 4.78 is 31.6. The van der Waals surface area contributed by atoms with E-state index in [0.29, 0.717) is 16.9 Å². The Morgan fingerprint density at radius 3 is 2.42 bits per heavy atom. The molecule has 170 valence electrons. The summed E-state index contributed by atoms with van der Waals surface area (Å²) in [4.78, 5) is 12.6. The van der Waals surface area contributed by atoms with Crippen LogP contribution in [0.4, 0.5) is 11.4 Å². The largest absolute Gasteiger partial charge is 0.494 e. The Balaban J connectivity index is 1.60. The highest BCUT2D eigenvalue weighted by atomic mass is 35.5. The van der Waals surface area contributed by atoms with Crippen LogP contribution in [0.3, 0.4) is 0 Å². The number of hydrazone groups is 1. The second kappa shape index (κ2) is 9.03. The number of hydrogen-bond donors (Lipinski definition) is 3. The fourth-order valence-electron chi connectivity index (χ4n) is 3.34. The fraction of sp³-hybridized carbons (Fsp3) is 0.0909. The molecule has 1 heterocycles. The van der Waals surface area contributed by atoms with Gasteiger partial charge < -0.3 is 10.1 Å². The first-order valence-electron chi connectivity index (χ1n) is 9.60. The zero-order valence-electron chi connectivity index (χ0n) is 17.4. The van der Waals surface area contributed by atoms with Crippen molar-refractivity contribution in [2.45, 2.75) is 4.90 Å². The monoisotopic (exact) mass is 504 g/mol. The van der Waals surface area contributed by atoms with Gasteiger partial charge in [0.25, 0.3) is 5.91 Å². The van der Waals surface area contributed by atoms with E-state index in [-0.39, 0.29) is 26.4 Å². The predicted molar refractivity (Wildman–Crippen MR) is 130 cm³/mol. The van der Waals surface area contributed by atoms with Gasteiger partial charge in [-0.15, -0.1) is 0 Å². The molecule has 1 aliphatic heterocycles. The number of nitrogens with one attached hydrogen (secondary N) is 3. The topological polar surface area (TPSA) is 109 Å². The summed E-state index contributed by atoms with van der Waals surface area (Å²) in [5, 5.41) is 7.37. The molecule has 0 bridgehead atoms. The van der Waals surface area contributed by atoms with Gasteiger partial charge >= 0.3 is 0 Å². The Kier molecular flexibility index (Phi) is 6.31. The molecular formula is C22H18Cl2N4O4S. The van der Waals surface area contributed by atoms with Crippen LogP contribution >= 0.6 is 23.2 Å². The van der Waals surface area contributed by atoms with E-state index in [1.807, 2.05) is 18.2 Å². The lowest BCUT2D eigenvalue weighted by atomic mass is 10.1. The van der Waals surface area contributed by atoms with E-state index in [4.69, 9.17) is 27.9 Å². The summed E-state index contributed by atoms with van der Waals surface area (Å²) >= 11 is 12.5. The summed E-state index contributed by atoms with van der Waals surface area (Å²) in [6.45, 7) is 0. The molecule has 11 heteroatoms. The first-order valence-corrected chi connectivity index (χ1v) is 11.8. The summed E-state index contributed by atoms with van der Waals surface area (Å²) in [7, 11) is -0.741. The Bertz CT molecular complexity index is 1390. The molecule has 1 amide bonds. The number of carbonyl (C=O) groups excluding carboxylic acids is 1. The highest BCUT2D eigenvalue weighted by Gasteiger charge is 2.32. The van der Waals surface area contributed by atoms with E-state index < -0.39 is 15.9 Å². The first-order chi connectivity index (χ1) is 15.7. The molecule has 3 N–H and O–H groups in total. The van der Waals surface area contributed by atoms with Crippen LogP contribution in [0.1, 0.15) is 5.56 Å². The van der Waals surface area contributed by atoms with Gasteiger partial charge in [0.2, 0.25) is 10.0 Å². The van der Waals surface area contributed by atoms with E-state index in [1.54, 1.807) is 30.3 Å². The third kappa shape index (κ3) is 4.40. The minimum absolute atomic E-state index is 0.0963. The van der Waals surface area contributed by atoms with Crippen molar-refractivity contribution in [3.05, 3.63) is 70.2 Å². The lowest BCUT2D eigenvalue weighted by molar-refractivity contribution is -0.110. The van der Waals surface area contributed by atoms with E-state index in [1.165, 1.54) is 20.2 Å². The number of carbonyl (C=O) groups is 1. The molecule has 0 radical (unpaired) electrons. The molecule has 3 aromatic carbocycles. The van der Waals surface area contributed by atoms with Gasteiger partial charge in [0.05, 0.1) is 39.0 Å². The molecule has 1 aliphatic rings. The molecule has 0 atom stereocenters. The predicted octanol–water partition coefficient (Wildman–Crippen LogP) is 4.35. The molecule has 0 fully saturated rings. The molecule has 0 aliphatic carbocycles. The van der Waals surface area contributed by atoms with Crippen LogP contribution in [0.25, 0.3) is 11.1 Å². The van der Waals surface area contributed by atoms with Gasteiger partial charge in [-0.1, -0.05) is 47.5 Å². The standard InChI is InChI=1S/C22H18Cl2N4O4S/c1-25-33(30,31)15-5-3-4-13(10-15)12-6-8-14(9-7-12)27-28-20-18-17(26-22(20)29)11-16(23)21(32-2)19(18)24/h3-11,25,27H,1-2H3,(H,26,28,29). The third-order valence-electron chi connectivity index (χ3n) is 5.01. The van der Waals surface area contributed by atoms with Crippen LogP contribution in [0.15, 0.2) is 64.6 Å². The van der Waals surface area contributed by atoms with Crippen LogP contribution < -0.4 is 20.2 Å². The molecular weight excluding hydrogens is 487 g/mol. The minimum Gasteiger partial charge on any atom is -0.494 e. The van der Waals surface area contributed by atoms with Gasteiger partial charge in [-0.2, -0.15) is 5.10 Å². The number of methoxy groups -OCH3 is 1. The molecule has 0 aromatic heterocycles. The Morgan fingerprint density at radius 1 is 1.03 bits per heavy atom. The van der Waals surface area contributed by atoms with Gasteiger partial charge in [-0.05, 0) is 48.5 Å². The van der Waals surface area contributed by atoms with Crippen LogP contribution in [-0.2, 0) is 14.8 Å². The van der Waals surface area contributed by atoms with Crippen molar-refractivity contribution in [2.75, 3.05) is 24.9 Å². The van der Waals surface area contributed by atoms with Gasteiger partial charge in [0.15, 0.2) is 11.5 Å². The lowest BCUT2D eigenvalue weighted by Crippen LogP contribution is -2.18. The highest BCUT2D eigenvalue weighted by Crippen LogP contribution is 2.42. The minimum atomic E-state index is -3.54. The summed E-state index contributed by atoms with van der Waals surface area (Å²) in [5.74, 6) is -0.170. The number of ether oxygens (including phenoxy) is 1. The van der Waals surface area contributed by atoms with Crippen molar-refractivity contribution >= 4 is 56.2 Å². The number of amides is 1. The van der Waals surface area contributed by atoms with Crippen LogP contribution in [0.2, 0.25) is 10.0 Å². The quantitative estimate of drug-likeness (QED) is 0.432. The zero-order valence-corrected chi connectivity index (χ0v) is 19.8. The molecule has 4 rings (SSSR count). The molecule has 3 aromatic rings. The van der Waals surface area contributed by atoms with E-state index in [0.717, 1.165) is 11.1 Å². The summed E-state index contributed by atoms with van der Waals surface area (Å²) in [6, 6.07) is 15.3. The third-order valence-corrected chi connectivity index (χ3v) is 7.06. The normalized spacial score (nSPS) is 14.2. The van der Waals surface area contributed by atoms with E-state index in [2.05, 4.69) is 20.6 Å². The molecule has 0 saturated carbocycles. The molecule has 8 nitrogen and oxygen atoms in total. The molecule has 0 spiro atoms. The van der Waals surface area contributed by atoms with Crippen LogP contribution in [0.5, 0.6) is 5.75 Å². The zero-order chi connectivity index (χ0) is 23.8. The maximum atomic E-state index is 12.4. The number of sulfonamides is 1. The van der Waals surface area contributed by atoms with E-state index in [9.17, 15) is 13.2 Å². The van der Waals surface area contributed by atoms with Gasteiger partial charge in [-0.25, -0.2) is 13.1 Å². The molecule has 33 heavy (non-hydrogen) atoms. The van der Waals surface area contributed by atoms with Gasteiger partial charge in [0, 0.05) is 0 Å². The van der Waals surface area contributed by atoms with Gasteiger partial charge in [0.1, 0.15) is 0 Å². The number of benzene rings is 3. The number of hydrogen-bond acceptors (Lipinski definition) is 6. The average Bonchev–Trinajstić information content (AvgIpc) is 3.13. The van der Waals surface area contributed by atoms with E-state index >= 15 is 0 Å². The fourth-order valence-corrected chi connectivity index (χ4v) is 4.81. The molecule has 0 unspecified atom stereocenters. The average molecular weight is 505 g/mol. The number of halogens is 2. The smallest absolute Gasteiger partial charge is 0.276 e. The van der Waals surface area contributed by atoms with Crippen molar-refractivity contribution in [3.8, 4) is 16.9 Å². The maximum Gasteiger partial charge on any atom is 0.276 e. The number of nitrogens with zero attached hydrogens (tertiary/aromatic N) is 1. The summed E-state index contributed by atoms with van der Waals surface area (Å²) in [5.41, 5.74) is 5.96. The Morgan fingerprint density at radius 2 is 1.76 bits per heavy atom. The van der Waals surface area contributed by atoms with Crippen molar-refractivity contribution < 1.29 is 17.9 Å². The highest BCUT2D eigenvalue weighted by molar-refractivity contribution is 7.89. The first kappa shape index (κ1) is 23.1. The number of anilines is 2. The van der Waals surface area contributed by atoms with Gasteiger partial charge in [-0.3, -0.25) is 10.2 Å². The number of rotatable bonds is 6. The van der Waals surface area contributed by atoms with Crippen molar-refractivity contribution in [1.29, 1.82) is 0 Å². The second-order valence-electron chi connectivity index (χ2n) is 6.97. The SMILES string of the molecule is CNS(=O)(=O)c1cccc(-c2ccc(NN=C3C(=O)Nc4cc(Cl)c(OC)c(Cl)c43)cc2)c1. The van der Waals surface area contributed by atoms with Crippen LogP contribution in [0, 0.1) is 0 Å². The second-order valence-corrected chi connectivity index (χ2v) is 9.64.